The van der Waals surface area contributed by atoms with E-state index in [1.807, 2.05) is 0 Å². The molecule has 29 heavy (non-hydrogen) atoms. The summed E-state index contributed by atoms with van der Waals surface area (Å²) in [6.07, 6.45) is 4.39. The number of nitrogens with one attached hydrogen (secondary N) is 3. The third-order valence-corrected chi connectivity index (χ3v) is 3.86. The third-order valence-electron chi connectivity index (χ3n) is 3.86. The van der Waals surface area contributed by atoms with Crippen molar-refractivity contribution in [3.05, 3.63) is 46.0 Å². The summed E-state index contributed by atoms with van der Waals surface area (Å²) in [7, 11) is 6.82. The van der Waals surface area contributed by atoms with Gasteiger partial charge in [-0.3, -0.25) is 19.7 Å². The van der Waals surface area contributed by atoms with Crippen molar-refractivity contribution in [2.75, 3.05) is 32.5 Å². The quantitative estimate of drug-likeness (QED) is 0.181. The molecular formula is C17H24N8O4. The van der Waals surface area contributed by atoms with Gasteiger partial charge in [0.15, 0.2) is 0 Å². The van der Waals surface area contributed by atoms with E-state index in [4.69, 9.17) is 0 Å². The Hall–Kier alpha value is -3.83. The van der Waals surface area contributed by atoms with Crippen LogP contribution in [0.15, 0.2) is 29.6 Å². The minimum Gasteiger partial charge on any atom is -0.373 e. The van der Waals surface area contributed by atoms with Crippen molar-refractivity contribution in [1.82, 2.24) is 24.8 Å². The van der Waals surface area contributed by atoms with E-state index >= 15 is 0 Å². The Bertz CT molecular complexity index is 928. The molecule has 2 aromatic heterocycles. The predicted molar refractivity (Wildman–Crippen MR) is 108 cm³/mol. The van der Waals surface area contributed by atoms with Gasteiger partial charge in [-0.15, -0.1) is 0 Å². The smallest absolute Gasteiger partial charge is 0.287 e. The van der Waals surface area contributed by atoms with E-state index in [9.17, 15) is 19.7 Å². The van der Waals surface area contributed by atoms with Crippen molar-refractivity contribution in [3.8, 4) is 0 Å². The Labute approximate surface area is 167 Å². The summed E-state index contributed by atoms with van der Waals surface area (Å²) in [5.41, 5.74) is 0.731. The highest BCUT2D eigenvalue weighted by molar-refractivity contribution is 6.04. The minimum atomic E-state index is -0.567. The topological polar surface area (TPSA) is 139 Å². The average molecular weight is 404 g/mol. The molecule has 3 N–H and O–H groups in total. The standard InChI is InChI=1S/C17H24N8O4/c1-22(2)20-11-18-5-6-19-16(26)14-7-12(9-23(14)3)21-17(27)15-8-13(25(28)29)10-24(15)4/h7-11H,5-6H2,1-4H3,(H,18,20)(H,19,26)(H,21,27). The van der Waals surface area contributed by atoms with Crippen LogP contribution in [0.3, 0.4) is 0 Å². The molecule has 0 aliphatic carbocycles. The van der Waals surface area contributed by atoms with Crippen LogP contribution < -0.4 is 16.0 Å². The molecule has 12 heteroatoms. The van der Waals surface area contributed by atoms with Crippen LogP contribution in [0.1, 0.15) is 21.0 Å². The van der Waals surface area contributed by atoms with Crippen LogP contribution in [0.2, 0.25) is 0 Å². The summed E-state index contributed by atoms with van der Waals surface area (Å²) in [6.45, 7) is 0.890. The predicted octanol–water partition coefficient (Wildman–Crippen LogP) is 0.348. The van der Waals surface area contributed by atoms with Gasteiger partial charge < -0.3 is 30.1 Å². The fourth-order valence-electron chi connectivity index (χ4n) is 2.49. The maximum atomic E-state index is 12.4. The third kappa shape index (κ3) is 5.82. The van der Waals surface area contributed by atoms with Gasteiger partial charge in [0.1, 0.15) is 17.7 Å². The molecule has 2 heterocycles. The van der Waals surface area contributed by atoms with E-state index in [0.29, 0.717) is 24.5 Å². The lowest BCUT2D eigenvalue weighted by molar-refractivity contribution is -0.384. The number of carbonyl (C=O) groups is 2. The number of aryl methyl sites for hydroxylation is 2. The van der Waals surface area contributed by atoms with Gasteiger partial charge >= 0.3 is 0 Å². The van der Waals surface area contributed by atoms with Crippen LogP contribution >= 0.6 is 0 Å². The van der Waals surface area contributed by atoms with Gasteiger partial charge in [0.2, 0.25) is 0 Å². The molecule has 2 aromatic rings. The van der Waals surface area contributed by atoms with E-state index < -0.39 is 10.8 Å². The maximum Gasteiger partial charge on any atom is 0.287 e. The molecule has 0 aliphatic rings. The molecule has 0 saturated heterocycles. The summed E-state index contributed by atoms with van der Waals surface area (Å²) >= 11 is 0. The molecule has 0 radical (unpaired) electrons. The Balaban J connectivity index is 1.94. The van der Waals surface area contributed by atoms with Crippen LogP contribution in [-0.4, -0.2) is 64.4 Å². The van der Waals surface area contributed by atoms with Crippen LogP contribution in [0.4, 0.5) is 11.4 Å². The molecular weight excluding hydrogens is 380 g/mol. The molecule has 12 nitrogen and oxygen atoms in total. The molecule has 2 rings (SSSR count). The zero-order valence-electron chi connectivity index (χ0n) is 16.7. The number of anilines is 1. The first-order valence-corrected chi connectivity index (χ1v) is 8.69. The molecule has 0 spiro atoms. The SMILES string of the molecule is CN(C)N=CNCCNC(=O)c1cc(NC(=O)c2cc([N+](=O)[O-])cn2C)cn1C. The molecule has 156 valence electrons. The van der Waals surface area contributed by atoms with Crippen molar-refractivity contribution in [1.29, 1.82) is 0 Å². The van der Waals surface area contributed by atoms with Crippen molar-refractivity contribution in [2.24, 2.45) is 19.2 Å². The summed E-state index contributed by atoms with van der Waals surface area (Å²) in [6, 6.07) is 2.73. The lowest BCUT2D eigenvalue weighted by atomic mass is 10.3. The van der Waals surface area contributed by atoms with Crippen LogP contribution in [0, 0.1) is 10.1 Å². The van der Waals surface area contributed by atoms with Gasteiger partial charge in [-0.05, 0) is 6.07 Å². The van der Waals surface area contributed by atoms with Gasteiger partial charge in [0.05, 0.1) is 16.8 Å². The second kappa shape index (κ2) is 9.39. The molecule has 0 atom stereocenters. The highest BCUT2D eigenvalue weighted by Crippen LogP contribution is 2.18. The summed E-state index contributed by atoms with van der Waals surface area (Å²) in [5, 5.41) is 24.8. The zero-order chi connectivity index (χ0) is 21.6. The molecule has 0 unspecified atom stereocenters. The number of nitro groups is 1. The Morgan fingerprint density at radius 3 is 2.41 bits per heavy atom. The number of rotatable bonds is 9. The van der Waals surface area contributed by atoms with Gasteiger partial charge in [0.25, 0.3) is 17.5 Å². The molecule has 0 bridgehead atoms. The Morgan fingerprint density at radius 2 is 1.79 bits per heavy atom. The van der Waals surface area contributed by atoms with Gasteiger partial charge in [-0.2, -0.15) is 5.10 Å². The monoisotopic (exact) mass is 404 g/mol. The molecule has 0 aliphatic heterocycles. The lowest BCUT2D eigenvalue weighted by Gasteiger charge is -2.06. The fraction of sp³-hybridized carbons (Fsp3) is 0.353. The number of nitrogens with zero attached hydrogens (tertiary/aromatic N) is 5. The Morgan fingerprint density at radius 1 is 1.14 bits per heavy atom. The van der Waals surface area contributed by atoms with Crippen molar-refractivity contribution in [2.45, 2.75) is 0 Å². The van der Waals surface area contributed by atoms with Crippen molar-refractivity contribution < 1.29 is 14.5 Å². The summed E-state index contributed by atoms with van der Waals surface area (Å²) in [5.74, 6) is -0.809. The van der Waals surface area contributed by atoms with Crippen LogP contribution in [-0.2, 0) is 14.1 Å². The van der Waals surface area contributed by atoms with E-state index in [1.54, 1.807) is 44.0 Å². The lowest BCUT2D eigenvalue weighted by Crippen LogP contribution is -2.32. The highest BCUT2D eigenvalue weighted by Gasteiger charge is 2.19. The van der Waals surface area contributed by atoms with E-state index in [0.717, 1.165) is 0 Å². The van der Waals surface area contributed by atoms with E-state index in [2.05, 4.69) is 21.1 Å². The highest BCUT2D eigenvalue weighted by atomic mass is 16.6. The minimum absolute atomic E-state index is 0.136. The number of amides is 2. The second-order valence-electron chi connectivity index (χ2n) is 6.43. The largest absolute Gasteiger partial charge is 0.373 e. The van der Waals surface area contributed by atoms with E-state index in [1.165, 1.54) is 29.2 Å². The number of aromatic nitrogens is 2. The van der Waals surface area contributed by atoms with Gasteiger partial charge in [-0.1, -0.05) is 0 Å². The van der Waals surface area contributed by atoms with Crippen molar-refractivity contribution in [3.63, 3.8) is 0 Å². The molecule has 0 fully saturated rings. The molecule has 0 aromatic carbocycles. The Kier molecular flexibility index (Phi) is 6.95. The fourth-order valence-corrected chi connectivity index (χ4v) is 2.49. The molecule has 0 saturated carbocycles. The van der Waals surface area contributed by atoms with Crippen LogP contribution in [0.25, 0.3) is 0 Å². The van der Waals surface area contributed by atoms with E-state index in [-0.39, 0.29) is 17.3 Å². The van der Waals surface area contributed by atoms with Crippen LogP contribution in [0.5, 0.6) is 0 Å². The number of carbonyl (C=O) groups excluding carboxylic acids is 2. The number of hydrogen-bond acceptors (Lipinski definition) is 6. The zero-order valence-corrected chi connectivity index (χ0v) is 16.7. The summed E-state index contributed by atoms with van der Waals surface area (Å²) in [4.78, 5) is 35.0. The average Bonchev–Trinajstić information content (AvgIpc) is 3.20. The van der Waals surface area contributed by atoms with Gasteiger partial charge in [-0.25, -0.2) is 0 Å². The maximum absolute atomic E-state index is 12.4. The molecule has 2 amide bonds. The number of hydrazone groups is 1. The first-order valence-electron chi connectivity index (χ1n) is 8.69. The first kappa shape index (κ1) is 21.5. The second-order valence-corrected chi connectivity index (χ2v) is 6.43. The summed E-state index contributed by atoms with van der Waals surface area (Å²) < 4.78 is 2.95. The number of hydrogen-bond donors (Lipinski definition) is 3. The normalized spacial score (nSPS) is 10.8. The van der Waals surface area contributed by atoms with Gasteiger partial charge in [0, 0.05) is 53.5 Å². The van der Waals surface area contributed by atoms with Crippen molar-refractivity contribution >= 4 is 29.5 Å². The first-order chi connectivity index (χ1) is 13.7.